The minimum absolute atomic E-state index is 0.135. The lowest BCUT2D eigenvalue weighted by atomic mass is 10.0. The van der Waals surface area contributed by atoms with Gasteiger partial charge < -0.3 is 4.90 Å². The molecule has 0 bridgehead atoms. The Bertz CT molecular complexity index is 1040. The normalized spacial score (nSPS) is 12.9. The van der Waals surface area contributed by atoms with E-state index in [1.807, 2.05) is 0 Å². The first-order chi connectivity index (χ1) is 16.0. The van der Waals surface area contributed by atoms with Crippen molar-refractivity contribution in [2.45, 2.75) is 71.9 Å². The zero-order chi connectivity index (χ0) is 25.0. The summed E-state index contributed by atoms with van der Waals surface area (Å²) in [6, 6.07) is 28.3. The minimum atomic E-state index is -1.55. The van der Waals surface area contributed by atoms with Crippen molar-refractivity contribution in [3.63, 3.8) is 0 Å². The van der Waals surface area contributed by atoms with Crippen LogP contribution in [0.15, 0.2) is 78.9 Å². The average molecular weight is 490 g/mol. The van der Waals surface area contributed by atoms with Crippen LogP contribution in [-0.4, -0.2) is 31.0 Å². The smallest absolute Gasteiger partial charge is 0.255 e. The van der Waals surface area contributed by atoms with E-state index in [-0.39, 0.29) is 18.0 Å². The second-order valence-corrected chi connectivity index (χ2v) is 18.5. The molecule has 34 heavy (non-hydrogen) atoms. The van der Waals surface area contributed by atoms with E-state index < -0.39 is 16.0 Å². The maximum absolute atomic E-state index is 14.4. The number of hydrogen-bond donors (Lipinski definition) is 0. The van der Waals surface area contributed by atoms with Gasteiger partial charge in [-0.2, -0.15) is 0 Å². The van der Waals surface area contributed by atoms with Crippen LogP contribution in [0, 0.1) is 0 Å². The van der Waals surface area contributed by atoms with Crippen molar-refractivity contribution < 1.29 is 4.79 Å². The summed E-state index contributed by atoms with van der Waals surface area (Å²) in [5.74, 6) is 0.167. The number of amides is 1. The van der Waals surface area contributed by atoms with Gasteiger partial charge in [-0.25, -0.2) is 0 Å². The van der Waals surface area contributed by atoms with E-state index in [0.29, 0.717) is 5.54 Å². The molecule has 2 nitrogen and oxygen atoms in total. The lowest BCUT2D eigenvalue weighted by molar-refractivity contribution is 0.0644. The predicted octanol–water partition coefficient (Wildman–Crippen LogP) is 6.68. The number of carbonyl (C=O) groups excluding carboxylic acids is 1. The highest BCUT2D eigenvalue weighted by atomic mass is 31.1. The number of benzene rings is 3. The molecule has 0 aliphatic heterocycles. The van der Waals surface area contributed by atoms with Gasteiger partial charge in [0.2, 0.25) is 0 Å². The van der Waals surface area contributed by atoms with Gasteiger partial charge >= 0.3 is 0 Å². The number of hydrogen-bond acceptors (Lipinski definition) is 1. The Morgan fingerprint density at radius 3 is 1.59 bits per heavy atom. The Hall–Kier alpha value is -2.22. The van der Waals surface area contributed by atoms with Crippen molar-refractivity contribution in [1.29, 1.82) is 0 Å². The Morgan fingerprint density at radius 1 is 0.706 bits per heavy atom. The molecule has 0 aliphatic rings. The highest BCUT2D eigenvalue weighted by Crippen LogP contribution is 2.38. The van der Waals surface area contributed by atoms with Crippen molar-refractivity contribution in [3.8, 4) is 0 Å². The molecule has 0 saturated carbocycles. The molecule has 180 valence electrons. The maximum atomic E-state index is 14.4. The van der Waals surface area contributed by atoms with Crippen LogP contribution in [0.2, 0.25) is 19.6 Å². The molecule has 0 heterocycles. The quantitative estimate of drug-likeness (QED) is 0.255. The first-order valence-electron chi connectivity index (χ1n) is 12.4. The molecule has 1 amide bonds. The van der Waals surface area contributed by atoms with Gasteiger partial charge in [-0.3, -0.25) is 4.79 Å². The number of carbonyl (C=O) groups is 1. The molecule has 0 aromatic heterocycles. The molecular formula is C30H40NOPSi. The topological polar surface area (TPSA) is 20.3 Å². The van der Waals surface area contributed by atoms with Crippen LogP contribution >= 0.6 is 7.92 Å². The van der Waals surface area contributed by atoms with Gasteiger partial charge in [-0.05, 0) is 62.6 Å². The second kappa shape index (κ2) is 11.0. The summed E-state index contributed by atoms with van der Waals surface area (Å²) in [6.45, 7) is 18.0. The van der Waals surface area contributed by atoms with Gasteiger partial charge in [-0.15, -0.1) is 0 Å². The number of rotatable bonds is 8. The zero-order valence-corrected chi connectivity index (χ0v) is 23.9. The Morgan fingerprint density at radius 2 is 1.18 bits per heavy atom. The van der Waals surface area contributed by atoms with Crippen LogP contribution < -0.4 is 15.9 Å². The second-order valence-electron chi connectivity index (χ2n) is 10.7. The molecule has 0 fully saturated rings. The van der Waals surface area contributed by atoms with E-state index in [4.69, 9.17) is 0 Å². The van der Waals surface area contributed by atoms with Crippen molar-refractivity contribution in [3.05, 3.63) is 90.0 Å². The van der Waals surface area contributed by atoms with Gasteiger partial charge in [0.15, 0.2) is 0 Å². The first-order valence-corrected chi connectivity index (χ1v) is 17.3. The molecule has 3 aromatic carbocycles. The molecule has 4 heteroatoms. The fraction of sp³-hybridized carbons (Fsp3) is 0.367. The lowest BCUT2D eigenvalue weighted by Crippen LogP contribution is -2.45. The summed E-state index contributed by atoms with van der Waals surface area (Å²) >= 11 is 0. The SMILES string of the molecule is CC(C)N(C(=O)c1c([C@H](C)[Si](C)(C)C)cccc1P(c1ccccc1)c1ccccc1)C(C)C. The summed E-state index contributed by atoms with van der Waals surface area (Å²) in [6.07, 6.45) is 0. The van der Waals surface area contributed by atoms with Crippen molar-refractivity contribution in [1.82, 2.24) is 4.90 Å². The summed E-state index contributed by atoms with van der Waals surface area (Å²) < 4.78 is 0. The van der Waals surface area contributed by atoms with E-state index in [1.54, 1.807) is 0 Å². The Labute approximate surface area is 209 Å². The third kappa shape index (κ3) is 5.70. The molecule has 1 atom stereocenters. The van der Waals surface area contributed by atoms with E-state index >= 15 is 0 Å². The Balaban J connectivity index is 2.36. The molecule has 0 saturated heterocycles. The molecule has 0 spiro atoms. The average Bonchev–Trinajstić information content (AvgIpc) is 2.79. The summed E-state index contributed by atoms with van der Waals surface area (Å²) in [4.78, 5) is 16.5. The van der Waals surface area contributed by atoms with E-state index in [1.165, 1.54) is 21.5 Å². The molecule has 0 aliphatic carbocycles. The van der Waals surface area contributed by atoms with Crippen LogP contribution in [0.1, 0.15) is 56.1 Å². The zero-order valence-electron chi connectivity index (χ0n) is 22.0. The predicted molar refractivity (Wildman–Crippen MR) is 153 cm³/mol. The molecule has 0 N–H and O–H groups in total. The fourth-order valence-corrected chi connectivity index (χ4v) is 8.23. The van der Waals surface area contributed by atoms with E-state index in [2.05, 4.69) is 138 Å². The monoisotopic (exact) mass is 489 g/mol. The van der Waals surface area contributed by atoms with Gasteiger partial charge in [0.05, 0.1) is 13.6 Å². The molecule has 3 aromatic rings. The van der Waals surface area contributed by atoms with E-state index in [9.17, 15) is 4.79 Å². The third-order valence-corrected chi connectivity index (χ3v) is 12.1. The van der Waals surface area contributed by atoms with Crippen LogP contribution in [0.25, 0.3) is 0 Å². The fourth-order valence-electron chi connectivity index (χ4n) is 4.58. The van der Waals surface area contributed by atoms with Crippen molar-refractivity contribution in [2.24, 2.45) is 0 Å². The first kappa shape index (κ1) is 26.4. The molecule has 0 radical (unpaired) electrons. The van der Waals surface area contributed by atoms with E-state index in [0.717, 1.165) is 5.56 Å². The molecule has 3 rings (SSSR count). The van der Waals surface area contributed by atoms with Gasteiger partial charge in [0, 0.05) is 12.1 Å². The van der Waals surface area contributed by atoms with Crippen LogP contribution in [0.4, 0.5) is 0 Å². The van der Waals surface area contributed by atoms with Gasteiger partial charge in [0.1, 0.15) is 0 Å². The van der Waals surface area contributed by atoms with Crippen LogP contribution in [0.5, 0.6) is 0 Å². The van der Waals surface area contributed by atoms with Crippen molar-refractivity contribution >= 4 is 37.8 Å². The highest BCUT2D eigenvalue weighted by Gasteiger charge is 2.34. The summed E-state index contributed by atoms with van der Waals surface area (Å²) in [5.41, 5.74) is 2.52. The minimum Gasteiger partial charge on any atom is -0.334 e. The van der Waals surface area contributed by atoms with Crippen LogP contribution in [0.3, 0.4) is 0 Å². The lowest BCUT2D eigenvalue weighted by Gasteiger charge is -2.35. The summed E-state index contributed by atoms with van der Waals surface area (Å²) in [7, 11) is -2.42. The standard InChI is InChI=1S/C30H40NOPSi/c1-22(2)31(23(3)4)30(32)29-27(24(5)34(6,7)8)20-15-21-28(29)33(25-16-11-9-12-17-25)26-18-13-10-14-19-26/h9-24H,1-8H3/t24-/m0/s1. The van der Waals surface area contributed by atoms with Gasteiger partial charge in [-0.1, -0.05) is 105 Å². The largest absolute Gasteiger partial charge is 0.334 e. The maximum Gasteiger partial charge on any atom is 0.255 e. The Kier molecular flexibility index (Phi) is 8.55. The highest BCUT2D eigenvalue weighted by molar-refractivity contribution is 7.80. The van der Waals surface area contributed by atoms with Gasteiger partial charge in [0.25, 0.3) is 5.91 Å². The number of nitrogens with zero attached hydrogens (tertiary/aromatic N) is 1. The van der Waals surface area contributed by atoms with Crippen LogP contribution in [-0.2, 0) is 0 Å². The summed E-state index contributed by atoms with van der Waals surface area (Å²) in [5, 5.41) is 3.72. The molecular weight excluding hydrogens is 449 g/mol. The molecule has 0 unspecified atom stereocenters. The third-order valence-electron chi connectivity index (χ3n) is 6.67. The van der Waals surface area contributed by atoms with Crippen molar-refractivity contribution in [2.75, 3.05) is 0 Å².